The van der Waals surface area contributed by atoms with Crippen LogP contribution in [0.5, 0.6) is 0 Å². The fourth-order valence-electron chi connectivity index (χ4n) is 3.58. The Hall–Kier alpha value is -1.18. The van der Waals surface area contributed by atoms with Crippen molar-refractivity contribution in [2.75, 3.05) is 6.61 Å². The Balaban J connectivity index is 1.61. The number of aromatic nitrogens is 1. The number of amides is 1. The predicted octanol–water partition coefficient (Wildman–Crippen LogP) is 3.00. The van der Waals surface area contributed by atoms with Crippen molar-refractivity contribution >= 4 is 22.0 Å². The average molecular weight is 412 g/mol. The average Bonchev–Trinajstić information content (AvgIpc) is 2.51. The van der Waals surface area contributed by atoms with Crippen molar-refractivity contribution < 1.29 is 14.3 Å². The number of hydrogen-bond acceptors (Lipinski definition) is 5. The number of ether oxygens (including phenoxy) is 2. The first kappa shape index (κ1) is 18.6. The molecule has 25 heavy (non-hydrogen) atoms. The van der Waals surface area contributed by atoms with Crippen LogP contribution in [0.25, 0.3) is 0 Å². The molecule has 7 heteroatoms. The zero-order valence-corrected chi connectivity index (χ0v) is 16.5. The predicted molar refractivity (Wildman–Crippen MR) is 98.2 cm³/mol. The fourth-order valence-corrected chi connectivity index (χ4v) is 3.99. The molecule has 138 valence electrons. The van der Waals surface area contributed by atoms with Crippen LogP contribution in [0.4, 0.5) is 4.79 Å². The minimum absolute atomic E-state index is 0.0280. The van der Waals surface area contributed by atoms with Crippen LogP contribution in [0.15, 0.2) is 22.9 Å². The molecule has 0 spiro atoms. The lowest BCUT2D eigenvalue weighted by Crippen LogP contribution is -2.73. The highest BCUT2D eigenvalue weighted by atomic mass is 79.9. The van der Waals surface area contributed by atoms with Gasteiger partial charge in [0.1, 0.15) is 5.60 Å². The summed E-state index contributed by atoms with van der Waals surface area (Å²) < 4.78 is 12.3. The molecule has 0 radical (unpaired) electrons. The van der Waals surface area contributed by atoms with E-state index in [0.717, 1.165) is 29.5 Å². The molecule has 2 heterocycles. The van der Waals surface area contributed by atoms with Crippen molar-refractivity contribution in [1.29, 1.82) is 0 Å². The van der Waals surface area contributed by atoms with Gasteiger partial charge in [-0.2, -0.15) is 0 Å². The zero-order chi connectivity index (χ0) is 18.0. The molecular weight excluding hydrogens is 386 g/mol. The second kappa shape index (κ2) is 7.60. The van der Waals surface area contributed by atoms with Crippen molar-refractivity contribution in [3.05, 3.63) is 28.5 Å². The molecule has 1 saturated carbocycles. The summed E-state index contributed by atoms with van der Waals surface area (Å²) in [5.74, 6) is 0.347. The molecule has 1 aromatic heterocycles. The lowest BCUT2D eigenvalue weighted by atomic mass is 9.68. The van der Waals surface area contributed by atoms with Crippen molar-refractivity contribution in [2.24, 2.45) is 5.92 Å². The summed E-state index contributed by atoms with van der Waals surface area (Å²) in [5, 5.41) is 6.57. The topological polar surface area (TPSA) is 72.5 Å². The van der Waals surface area contributed by atoms with Gasteiger partial charge < -0.3 is 20.1 Å². The number of hydrogen-bond donors (Lipinski definition) is 2. The Morgan fingerprint density at radius 3 is 2.92 bits per heavy atom. The molecule has 2 aliphatic rings. The van der Waals surface area contributed by atoms with Crippen LogP contribution in [0.3, 0.4) is 0 Å². The molecule has 6 nitrogen and oxygen atoms in total. The molecule has 1 aromatic rings. The van der Waals surface area contributed by atoms with Gasteiger partial charge in [0.2, 0.25) is 0 Å². The van der Waals surface area contributed by atoms with Gasteiger partial charge in [-0.3, -0.25) is 4.98 Å². The SMILES string of the molecule is CC(C)(C)OC(=O)NC1C2CCCOC2C1NCc1cncc(Br)c1. The molecule has 1 aliphatic heterocycles. The summed E-state index contributed by atoms with van der Waals surface area (Å²) in [4.78, 5) is 16.4. The van der Waals surface area contributed by atoms with Gasteiger partial charge in [0.25, 0.3) is 0 Å². The lowest BCUT2D eigenvalue weighted by Gasteiger charge is -2.54. The molecule has 4 unspecified atom stereocenters. The Morgan fingerprint density at radius 2 is 2.20 bits per heavy atom. The number of carbonyl (C=O) groups is 1. The fraction of sp³-hybridized carbons (Fsp3) is 0.667. The van der Waals surface area contributed by atoms with Gasteiger partial charge in [-0.1, -0.05) is 0 Å². The van der Waals surface area contributed by atoms with E-state index in [0.29, 0.717) is 12.5 Å². The van der Waals surface area contributed by atoms with E-state index in [1.165, 1.54) is 0 Å². The zero-order valence-electron chi connectivity index (χ0n) is 14.9. The van der Waals surface area contributed by atoms with E-state index >= 15 is 0 Å². The molecule has 1 amide bonds. The summed E-state index contributed by atoms with van der Waals surface area (Å²) in [6.45, 7) is 7.08. The van der Waals surface area contributed by atoms with Crippen molar-refractivity contribution in [2.45, 2.75) is 63.9 Å². The van der Waals surface area contributed by atoms with Crippen molar-refractivity contribution in [1.82, 2.24) is 15.6 Å². The van der Waals surface area contributed by atoms with E-state index in [1.54, 1.807) is 6.20 Å². The molecule has 0 bridgehead atoms. The highest BCUT2D eigenvalue weighted by Crippen LogP contribution is 2.38. The molecule has 3 rings (SSSR count). The van der Waals surface area contributed by atoms with Gasteiger partial charge in [-0.05, 0) is 61.2 Å². The molecule has 2 fully saturated rings. The molecule has 0 aromatic carbocycles. The molecule has 1 saturated heterocycles. The van der Waals surface area contributed by atoms with Gasteiger partial charge in [0, 0.05) is 35.9 Å². The Kier molecular flexibility index (Phi) is 5.65. The Labute approximate surface area is 157 Å². The quantitative estimate of drug-likeness (QED) is 0.796. The summed E-state index contributed by atoms with van der Waals surface area (Å²) in [6, 6.07) is 2.14. The number of rotatable bonds is 4. The van der Waals surface area contributed by atoms with E-state index in [1.807, 2.05) is 33.0 Å². The number of pyridine rings is 1. The van der Waals surface area contributed by atoms with Crippen molar-refractivity contribution in [3.8, 4) is 0 Å². The maximum Gasteiger partial charge on any atom is 0.407 e. The largest absolute Gasteiger partial charge is 0.444 e. The van der Waals surface area contributed by atoms with E-state index in [9.17, 15) is 4.79 Å². The Morgan fingerprint density at radius 1 is 1.40 bits per heavy atom. The lowest BCUT2D eigenvalue weighted by molar-refractivity contribution is -0.128. The highest BCUT2D eigenvalue weighted by molar-refractivity contribution is 9.10. The molecule has 1 aliphatic carbocycles. The van der Waals surface area contributed by atoms with Crippen LogP contribution in [0.2, 0.25) is 0 Å². The first-order chi connectivity index (χ1) is 11.8. The molecular formula is C18H26BrN3O3. The number of fused-ring (bicyclic) bond motifs is 1. The summed E-state index contributed by atoms with van der Waals surface area (Å²) in [7, 11) is 0. The van der Waals surface area contributed by atoms with Crippen LogP contribution >= 0.6 is 15.9 Å². The summed E-state index contributed by atoms with van der Waals surface area (Å²) in [5.41, 5.74) is 0.589. The number of carbonyl (C=O) groups excluding carboxylic acids is 1. The number of halogens is 1. The third-order valence-electron chi connectivity index (χ3n) is 4.60. The van der Waals surface area contributed by atoms with Crippen LogP contribution in [0, 0.1) is 5.92 Å². The van der Waals surface area contributed by atoms with E-state index < -0.39 is 5.60 Å². The van der Waals surface area contributed by atoms with E-state index in [-0.39, 0.29) is 24.3 Å². The van der Waals surface area contributed by atoms with Gasteiger partial charge >= 0.3 is 6.09 Å². The number of nitrogens with one attached hydrogen (secondary N) is 2. The minimum Gasteiger partial charge on any atom is -0.444 e. The maximum atomic E-state index is 12.2. The van der Waals surface area contributed by atoms with Crippen LogP contribution in [0.1, 0.15) is 39.2 Å². The van der Waals surface area contributed by atoms with Gasteiger partial charge in [0.15, 0.2) is 0 Å². The summed E-state index contributed by atoms with van der Waals surface area (Å²) >= 11 is 3.44. The van der Waals surface area contributed by atoms with Crippen LogP contribution in [-0.2, 0) is 16.0 Å². The first-order valence-electron chi connectivity index (χ1n) is 8.77. The second-order valence-electron chi connectivity index (χ2n) is 7.73. The van der Waals surface area contributed by atoms with Gasteiger partial charge in [-0.15, -0.1) is 0 Å². The highest BCUT2D eigenvalue weighted by Gasteiger charge is 2.53. The molecule has 2 N–H and O–H groups in total. The second-order valence-corrected chi connectivity index (χ2v) is 8.65. The molecule has 4 atom stereocenters. The monoisotopic (exact) mass is 411 g/mol. The van der Waals surface area contributed by atoms with Crippen LogP contribution < -0.4 is 10.6 Å². The third-order valence-corrected chi connectivity index (χ3v) is 5.04. The third kappa shape index (κ3) is 4.71. The number of nitrogens with zero attached hydrogens (tertiary/aromatic N) is 1. The normalized spacial score (nSPS) is 28.6. The van der Waals surface area contributed by atoms with Crippen molar-refractivity contribution in [3.63, 3.8) is 0 Å². The standard InChI is InChI=1S/C18H26BrN3O3/c1-18(2,3)25-17(23)22-14-13-5-4-6-24-16(13)15(14)21-9-11-7-12(19)10-20-8-11/h7-8,10,13-16,21H,4-6,9H2,1-3H3,(H,22,23). The Bertz CT molecular complexity index is 620. The van der Waals surface area contributed by atoms with E-state index in [4.69, 9.17) is 9.47 Å². The van der Waals surface area contributed by atoms with Gasteiger partial charge in [-0.25, -0.2) is 4.79 Å². The number of alkyl carbamates (subject to hydrolysis) is 1. The maximum absolute atomic E-state index is 12.2. The van der Waals surface area contributed by atoms with Gasteiger partial charge in [0.05, 0.1) is 18.2 Å². The first-order valence-corrected chi connectivity index (χ1v) is 9.57. The smallest absolute Gasteiger partial charge is 0.407 e. The van der Waals surface area contributed by atoms with E-state index in [2.05, 4.69) is 31.5 Å². The minimum atomic E-state index is -0.499. The van der Waals surface area contributed by atoms with Crippen LogP contribution in [-0.4, -0.2) is 41.5 Å². The summed E-state index contributed by atoms with van der Waals surface area (Å²) in [6.07, 6.45) is 5.50.